The average Bonchev–Trinajstić information content (AvgIpc) is 2.71. The lowest BCUT2D eigenvalue weighted by atomic mass is 9.81. The molecule has 214 valence electrons. The van der Waals surface area contributed by atoms with Gasteiger partial charge in [-0.3, -0.25) is 4.79 Å². The van der Waals surface area contributed by atoms with Gasteiger partial charge in [-0.15, -0.1) is 0 Å². The van der Waals surface area contributed by atoms with E-state index in [1.165, 1.54) is 0 Å². The molecule has 7 atom stereocenters. The van der Waals surface area contributed by atoms with E-state index in [1.54, 1.807) is 6.08 Å². The second kappa shape index (κ2) is 13.7. The molecule has 4 nitrogen and oxygen atoms in total. The van der Waals surface area contributed by atoms with Crippen LogP contribution in [0.1, 0.15) is 95.9 Å². The number of carbonyl (C=O) groups is 1. The molecule has 0 aliphatic rings. The third-order valence-electron chi connectivity index (χ3n) is 9.07. The quantitative estimate of drug-likeness (QED) is 0.176. The number of aliphatic hydroxyl groups excluding tert-OH is 1. The zero-order chi connectivity index (χ0) is 28.9. The van der Waals surface area contributed by atoms with Gasteiger partial charge in [-0.05, 0) is 73.4 Å². The van der Waals surface area contributed by atoms with Crippen LogP contribution in [0.5, 0.6) is 0 Å². The van der Waals surface area contributed by atoms with Crippen molar-refractivity contribution in [2.75, 3.05) is 0 Å². The van der Waals surface area contributed by atoms with Crippen molar-refractivity contribution in [3.05, 3.63) is 12.2 Å². The molecule has 0 heterocycles. The molecule has 0 aromatic rings. The third-order valence-corrected chi connectivity index (χ3v) is 18.0. The standard InChI is InChI=1S/C30H62O4Si2/c1-17-26(32)19-18-21(2)27(33-35(13,14)29(7,8)9)22(3)20-23(4)28(24(5)25(6)31)34-36(15,16)30(10,11)12/h18-19,21-25,27-28,31H,17,20H2,1-16H3/b19-18-. The number of carbonyl (C=O) groups excluding carboxylic acids is 1. The fraction of sp³-hybridized carbons (Fsp3) is 0.900. The minimum absolute atomic E-state index is 0.0182. The highest BCUT2D eigenvalue weighted by Gasteiger charge is 2.44. The van der Waals surface area contributed by atoms with Crippen LogP contribution in [0.3, 0.4) is 0 Å². The van der Waals surface area contributed by atoms with Crippen LogP contribution in [0.4, 0.5) is 0 Å². The minimum Gasteiger partial charge on any atom is -0.413 e. The van der Waals surface area contributed by atoms with Gasteiger partial charge in [-0.25, -0.2) is 0 Å². The van der Waals surface area contributed by atoms with E-state index in [4.69, 9.17) is 8.85 Å². The fourth-order valence-corrected chi connectivity index (χ4v) is 7.09. The topological polar surface area (TPSA) is 55.8 Å². The van der Waals surface area contributed by atoms with Crippen LogP contribution in [0.2, 0.25) is 36.3 Å². The summed E-state index contributed by atoms with van der Waals surface area (Å²) in [6.45, 7) is 35.5. The molecule has 0 aromatic heterocycles. The fourth-order valence-electron chi connectivity index (χ4n) is 4.13. The van der Waals surface area contributed by atoms with Crippen molar-refractivity contribution in [1.82, 2.24) is 0 Å². The van der Waals surface area contributed by atoms with Gasteiger partial charge < -0.3 is 14.0 Å². The Kier molecular flexibility index (Phi) is 13.6. The van der Waals surface area contributed by atoms with Gasteiger partial charge in [0.25, 0.3) is 0 Å². The van der Waals surface area contributed by atoms with Crippen molar-refractivity contribution in [3.63, 3.8) is 0 Å². The molecule has 0 aliphatic heterocycles. The smallest absolute Gasteiger partial charge is 0.192 e. The minimum atomic E-state index is -2.02. The zero-order valence-electron chi connectivity index (χ0n) is 26.8. The highest BCUT2D eigenvalue weighted by Crippen LogP contribution is 2.42. The molecule has 6 heteroatoms. The summed E-state index contributed by atoms with van der Waals surface area (Å²) >= 11 is 0. The molecule has 7 unspecified atom stereocenters. The molecule has 0 rings (SSSR count). The van der Waals surface area contributed by atoms with Gasteiger partial charge in [0.15, 0.2) is 22.4 Å². The summed E-state index contributed by atoms with van der Waals surface area (Å²) in [6, 6.07) is 0. The maximum atomic E-state index is 12.0. The molecule has 0 fully saturated rings. The van der Waals surface area contributed by atoms with Crippen LogP contribution in [-0.4, -0.2) is 45.8 Å². The van der Waals surface area contributed by atoms with E-state index >= 15 is 0 Å². The van der Waals surface area contributed by atoms with Crippen molar-refractivity contribution in [1.29, 1.82) is 0 Å². The van der Waals surface area contributed by atoms with Gasteiger partial charge in [-0.2, -0.15) is 0 Å². The number of hydrogen-bond acceptors (Lipinski definition) is 4. The van der Waals surface area contributed by atoms with Gasteiger partial charge >= 0.3 is 0 Å². The van der Waals surface area contributed by atoms with Crippen molar-refractivity contribution >= 4 is 22.4 Å². The lowest BCUT2D eigenvalue weighted by molar-refractivity contribution is -0.114. The molecule has 0 saturated carbocycles. The van der Waals surface area contributed by atoms with Gasteiger partial charge in [-0.1, -0.05) is 82.2 Å². The Morgan fingerprint density at radius 2 is 1.19 bits per heavy atom. The summed E-state index contributed by atoms with van der Waals surface area (Å²) in [5.41, 5.74) is 0. The van der Waals surface area contributed by atoms with E-state index in [0.29, 0.717) is 6.42 Å². The van der Waals surface area contributed by atoms with Crippen molar-refractivity contribution in [2.45, 2.75) is 151 Å². The molecule has 0 saturated heterocycles. The van der Waals surface area contributed by atoms with E-state index in [2.05, 4.69) is 95.4 Å². The van der Waals surface area contributed by atoms with Crippen LogP contribution in [0, 0.1) is 23.7 Å². The first-order chi connectivity index (χ1) is 16.0. The van der Waals surface area contributed by atoms with Crippen LogP contribution < -0.4 is 0 Å². The maximum absolute atomic E-state index is 12.0. The monoisotopic (exact) mass is 542 g/mol. The SMILES string of the molecule is CCC(=O)/C=C\C(C)C(O[Si](C)(C)C(C)(C)C)C(C)CC(C)C(O[Si](C)(C)C(C)(C)C)C(C)C(C)O. The van der Waals surface area contributed by atoms with Gasteiger partial charge in [0.1, 0.15) is 0 Å². The predicted molar refractivity (Wildman–Crippen MR) is 162 cm³/mol. The molecule has 0 aliphatic carbocycles. The first kappa shape index (κ1) is 35.7. The molecule has 0 spiro atoms. The molecule has 36 heavy (non-hydrogen) atoms. The first-order valence-electron chi connectivity index (χ1n) is 14.2. The van der Waals surface area contributed by atoms with Crippen molar-refractivity contribution in [2.24, 2.45) is 23.7 Å². The first-order valence-corrected chi connectivity index (χ1v) is 20.0. The normalized spacial score (nSPS) is 20.0. The third kappa shape index (κ3) is 10.5. The summed E-state index contributed by atoms with van der Waals surface area (Å²) < 4.78 is 14.0. The Labute approximate surface area is 227 Å². The molecule has 0 bridgehead atoms. The highest BCUT2D eigenvalue weighted by atomic mass is 28.4. The number of ketones is 1. The Hall–Kier alpha value is -0.276. The molecule has 0 aromatic carbocycles. The largest absolute Gasteiger partial charge is 0.413 e. The zero-order valence-corrected chi connectivity index (χ0v) is 28.8. The molecule has 0 amide bonds. The number of aliphatic hydroxyl groups is 1. The van der Waals surface area contributed by atoms with E-state index in [-0.39, 0.29) is 51.7 Å². The van der Waals surface area contributed by atoms with Gasteiger partial charge in [0.05, 0.1) is 18.3 Å². The number of rotatable bonds is 14. The Morgan fingerprint density at radius 3 is 1.56 bits per heavy atom. The summed E-state index contributed by atoms with van der Waals surface area (Å²) in [5.74, 6) is 0.865. The van der Waals surface area contributed by atoms with Crippen molar-refractivity contribution in [3.8, 4) is 0 Å². The molecular weight excluding hydrogens is 480 g/mol. The predicted octanol–water partition coefficient (Wildman–Crippen LogP) is 8.62. The van der Waals surface area contributed by atoms with Crippen LogP contribution in [0.15, 0.2) is 12.2 Å². The van der Waals surface area contributed by atoms with Crippen LogP contribution in [-0.2, 0) is 13.6 Å². The van der Waals surface area contributed by atoms with Gasteiger partial charge in [0.2, 0.25) is 0 Å². The summed E-state index contributed by atoms with van der Waals surface area (Å²) in [5, 5.41) is 10.7. The van der Waals surface area contributed by atoms with Gasteiger partial charge in [0, 0.05) is 12.3 Å². The number of hydrogen-bond donors (Lipinski definition) is 1. The van der Waals surface area contributed by atoms with E-state index in [0.717, 1.165) is 6.42 Å². The summed E-state index contributed by atoms with van der Waals surface area (Å²) in [6.07, 6.45) is 4.81. The van der Waals surface area contributed by atoms with E-state index in [9.17, 15) is 9.90 Å². The Balaban J connectivity index is 6.11. The highest BCUT2D eigenvalue weighted by molar-refractivity contribution is 6.74. The number of allylic oxidation sites excluding steroid dienone is 1. The Morgan fingerprint density at radius 1 is 0.806 bits per heavy atom. The van der Waals surface area contributed by atoms with E-state index in [1.807, 2.05) is 19.9 Å². The maximum Gasteiger partial charge on any atom is 0.192 e. The second-order valence-corrected chi connectivity index (χ2v) is 24.0. The lowest BCUT2D eigenvalue weighted by Crippen LogP contribution is -2.50. The molecular formula is C30H62O4Si2. The lowest BCUT2D eigenvalue weighted by Gasteiger charge is -2.45. The van der Waals surface area contributed by atoms with Crippen LogP contribution >= 0.6 is 0 Å². The van der Waals surface area contributed by atoms with Crippen molar-refractivity contribution < 1.29 is 18.8 Å². The summed E-state index contributed by atoms with van der Waals surface area (Å²) in [4.78, 5) is 12.0. The van der Waals surface area contributed by atoms with E-state index < -0.39 is 22.7 Å². The average molecular weight is 543 g/mol. The van der Waals surface area contributed by atoms with Crippen LogP contribution in [0.25, 0.3) is 0 Å². The second-order valence-electron chi connectivity index (χ2n) is 14.5. The molecule has 0 radical (unpaired) electrons. The Bertz CT molecular complexity index is 701. The molecule has 1 N–H and O–H groups in total. The summed E-state index contributed by atoms with van der Waals surface area (Å²) in [7, 11) is -4.04.